The van der Waals surface area contributed by atoms with Crippen molar-refractivity contribution in [1.29, 1.82) is 0 Å². The zero-order valence-corrected chi connectivity index (χ0v) is 15.8. The minimum Gasteiger partial charge on any atom is -0.387 e. The normalized spacial score (nSPS) is 14.8. The SMILES string of the molecule is CCn1c(-c2ccncc2)nnc1C(S)N1C=C(c2ccnc(C)c2)ON1. The summed E-state index contributed by atoms with van der Waals surface area (Å²) in [7, 11) is 0. The van der Waals surface area contributed by atoms with Crippen LogP contribution in [0.4, 0.5) is 0 Å². The van der Waals surface area contributed by atoms with Gasteiger partial charge in [-0.1, -0.05) is 5.59 Å². The molecule has 27 heavy (non-hydrogen) atoms. The molecule has 8 nitrogen and oxygen atoms in total. The minimum absolute atomic E-state index is 0.381. The van der Waals surface area contributed by atoms with Gasteiger partial charge in [-0.15, -0.1) is 22.8 Å². The van der Waals surface area contributed by atoms with Crippen LogP contribution in [0.3, 0.4) is 0 Å². The van der Waals surface area contributed by atoms with Crippen molar-refractivity contribution >= 4 is 18.4 Å². The van der Waals surface area contributed by atoms with Crippen LogP contribution in [0.5, 0.6) is 0 Å². The van der Waals surface area contributed by atoms with Crippen LogP contribution in [-0.4, -0.2) is 29.7 Å². The van der Waals surface area contributed by atoms with E-state index in [9.17, 15) is 0 Å². The van der Waals surface area contributed by atoms with Crippen LogP contribution in [-0.2, 0) is 11.4 Å². The largest absolute Gasteiger partial charge is 0.387 e. The van der Waals surface area contributed by atoms with Crippen LogP contribution >= 0.6 is 12.6 Å². The van der Waals surface area contributed by atoms with Crippen molar-refractivity contribution in [2.24, 2.45) is 0 Å². The second kappa shape index (κ2) is 7.37. The molecule has 9 heteroatoms. The zero-order chi connectivity index (χ0) is 18.8. The number of rotatable bonds is 5. The lowest BCUT2D eigenvalue weighted by Gasteiger charge is -2.21. The summed E-state index contributed by atoms with van der Waals surface area (Å²) in [4.78, 5) is 13.9. The van der Waals surface area contributed by atoms with E-state index in [2.05, 4.69) is 25.8 Å². The molecule has 3 aromatic rings. The number of aryl methyl sites for hydroxylation is 1. The molecular weight excluding hydrogens is 362 g/mol. The van der Waals surface area contributed by atoms with Gasteiger partial charge in [0.1, 0.15) is 0 Å². The Hall–Kier alpha value is -2.91. The van der Waals surface area contributed by atoms with Crippen molar-refractivity contribution < 1.29 is 4.84 Å². The quantitative estimate of drug-likeness (QED) is 0.658. The van der Waals surface area contributed by atoms with Gasteiger partial charge in [0, 0.05) is 42.0 Å². The third-order valence-electron chi connectivity index (χ3n) is 4.23. The van der Waals surface area contributed by atoms with Crippen molar-refractivity contribution in [1.82, 2.24) is 35.3 Å². The monoisotopic (exact) mass is 381 g/mol. The van der Waals surface area contributed by atoms with Crippen molar-refractivity contribution in [3.63, 3.8) is 0 Å². The summed E-state index contributed by atoms with van der Waals surface area (Å²) in [6.07, 6.45) is 7.09. The molecule has 1 N–H and O–H groups in total. The molecule has 0 aromatic carbocycles. The average molecular weight is 381 g/mol. The Bertz CT molecular complexity index is 973. The van der Waals surface area contributed by atoms with E-state index in [-0.39, 0.29) is 5.37 Å². The molecule has 0 bridgehead atoms. The summed E-state index contributed by atoms with van der Waals surface area (Å²) >= 11 is 4.73. The van der Waals surface area contributed by atoms with Crippen LogP contribution in [0.2, 0.25) is 0 Å². The van der Waals surface area contributed by atoms with E-state index in [1.807, 2.05) is 48.9 Å². The van der Waals surface area contributed by atoms with E-state index in [4.69, 9.17) is 17.5 Å². The van der Waals surface area contributed by atoms with Gasteiger partial charge in [0.05, 0.1) is 6.20 Å². The van der Waals surface area contributed by atoms with Gasteiger partial charge in [-0.3, -0.25) is 15.0 Å². The summed E-state index contributed by atoms with van der Waals surface area (Å²) in [6.45, 7) is 4.70. The third kappa shape index (κ3) is 3.38. The zero-order valence-electron chi connectivity index (χ0n) is 14.9. The van der Waals surface area contributed by atoms with E-state index in [1.165, 1.54) is 0 Å². The van der Waals surface area contributed by atoms with E-state index in [1.54, 1.807) is 23.6 Å². The van der Waals surface area contributed by atoms with Gasteiger partial charge in [-0.05, 0) is 38.1 Å². The molecule has 0 saturated carbocycles. The van der Waals surface area contributed by atoms with E-state index in [0.717, 1.165) is 22.6 Å². The maximum Gasteiger partial charge on any atom is 0.174 e. The van der Waals surface area contributed by atoms with Crippen LogP contribution in [0, 0.1) is 6.92 Å². The second-order valence-corrected chi connectivity index (χ2v) is 6.50. The number of thiol groups is 1. The summed E-state index contributed by atoms with van der Waals surface area (Å²) in [5.41, 5.74) is 5.69. The standard InChI is InChI=1S/C18H19N7OS/c1-3-24-16(13-4-7-19-8-5-13)21-22-17(24)18(27)25-11-15(26-23-25)14-6-9-20-12(2)10-14/h4-11,18,23,27H,3H2,1-2H3. The van der Waals surface area contributed by atoms with Crippen LogP contribution < -0.4 is 5.59 Å². The Morgan fingerprint density at radius 3 is 2.67 bits per heavy atom. The van der Waals surface area contributed by atoms with E-state index >= 15 is 0 Å². The fourth-order valence-corrected chi connectivity index (χ4v) is 3.20. The molecule has 0 saturated heterocycles. The third-order valence-corrected chi connectivity index (χ3v) is 4.71. The van der Waals surface area contributed by atoms with Crippen LogP contribution in [0.1, 0.15) is 29.4 Å². The highest BCUT2D eigenvalue weighted by atomic mass is 32.1. The number of pyridine rings is 2. The lowest BCUT2D eigenvalue weighted by Crippen LogP contribution is -2.31. The molecule has 138 valence electrons. The van der Waals surface area contributed by atoms with Crippen LogP contribution in [0.25, 0.3) is 17.1 Å². The van der Waals surface area contributed by atoms with Gasteiger partial charge >= 0.3 is 0 Å². The fourth-order valence-electron chi connectivity index (χ4n) is 2.89. The fraction of sp³-hybridized carbons (Fsp3) is 0.222. The number of aromatic nitrogens is 5. The van der Waals surface area contributed by atoms with Crippen molar-refractivity contribution in [3.05, 3.63) is 66.1 Å². The Labute approximate surface area is 162 Å². The molecule has 0 amide bonds. The Morgan fingerprint density at radius 1 is 1.15 bits per heavy atom. The summed E-state index contributed by atoms with van der Waals surface area (Å²) in [6, 6.07) is 7.68. The molecule has 0 radical (unpaired) electrons. The van der Waals surface area contributed by atoms with Crippen molar-refractivity contribution in [3.8, 4) is 11.4 Å². The molecule has 1 unspecified atom stereocenters. The highest BCUT2D eigenvalue weighted by molar-refractivity contribution is 7.80. The number of nitrogens with zero attached hydrogens (tertiary/aromatic N) is 6. The van der Waals surface area contributed by atoms with E-state index < -0.39 is 0 Å². The van der Waals surface area contributed by atoms with Gasteiger partial charge in [0.25, 0.3) is 0 Å². The Balaban J connectivity index is 1.62. The first-order valence-electron chi connectivity index (χ1n) is 8.54. The second-order valence-electron chi connectivity index (χ2n) is 6.02. The minimum atomic E-state index is -0.381. The smallest absolute Gasteiger partial charge is 0.174 e. The van der Waals surface area contributed by atoms with Crippen molar-refractivity contribution in [2.45, 2.75) is 25.8 Å². The first-order chi connectivity index (χ1) is 13.2. The van der Waals surface area contributed by atoms with Gasteiger partial charge < -0.3 is 9.40 Å². The van der Waals surface area contributed by atoms with Crippen molar-refractivity contribution in [2.75, 3.05) is 0 Å². The number of nitrogens with one attached hydrogen (secondary N) is 1. The molecule has 0 spiro atoms. The maximum absolute atomic E-state index is 5.61. The Morgan fingerprint density at radius 2 is 1.93 bits per heavy atom. The molecule has 1 aliphatic rings. The molecule has 0 aliphatic carbocycles. The lowest BCUT2D eigenvalue weighted by atomic mass is 10.2. The number of hydrogen-bond donors (Lipinski definition) is 2. The van der Waals surface area contributed by atoms with Gasteiger partial charge in [-0.2, -0.15) is 0 Å². The molecule has 4 heterocycles. The van der Waals surface area contributed by atoms with Gasteiger partial charge in [0.15, 0.2) is 22.8 Å². The van der Waals surface area contributed by atoms with Gasteiger partial charge in [-0.25, -0.2) is 0 Å². The molecule has 1 atom stereocenters. The Kier molecular flexibility index (Phi) is 4.78. The predicted molar refractivity (Wildman–Crippen MR) is 104 cm³/mol. The first kappa shape index (κ1) is 17.5. The number of hydrazine groups is 1. The summed E-state index contributed by atoms with van der Waals surface area (Å²) in [5.74, 6) is 2.19. The maximum atomic E-state index is 5.61. The summed E-state index contributed by atoms with van der Waals surface area (Å²) < 4.78 is 2.02. The topological polar surface area (TPSA) is 81.0 Å². The number of hydrogen-bond acceptors (Lipinski definition) is 8. The van der Waals surface area contributed by atoms with E-state index in [0.29, 0.717) is 18.1 Å². The predicted octanol–water partition coefficient (Wildman–Crippen LogP) is 2.74. The molecule has 0 fully saturated rings. The molecule has 1 aliphatic heterocycles. The summed E-state index contributed by atoms with van der Waals surface area (Å²) in [5, 5.41) is 10.1. The van der Waals surface area contributed by atoms with Gasteiger partial charge in [0.2, 0.25) is 0 Å². The van der Waals surface area contributed by atoms with Crippen LogP contribution in [0.15, 0.2) is 49.1 Å². The highest BCUT2D eigenvalue weighted by Crippen LogP contribution is 2.30. The average Bonchev–Trinajstić information content (AvgIpc) is 3.35. The molecular formula is C18H19N7OS. The first-order valence-corrected chi connectivity index (χ1v) is 9.06. The lowest BCUT2D eigenvalue weighted by molar-refractivity contribution is 0.0382. The molecule has 3 aromatic heterocycles. The highest BCUT2D eigenvalue weighted by Gasteiger charge is 2.27. The molecule has 4 rings (SSSR count).